The quantitative estimate of drug-likeness (QED) is 0.882. The van der Waals surface area contributed by atoms with Crippen molar-refractivity contribution >= 4 is 17.0 Å². The number of aromatic nitrogens is 2. The van der Waals surface area contributed by atoms with Gasteiger partial charge in [-0.3, -0.25) is 0 Å². The van der Waals surface area contributed by atoms with Crippen LogP contribution in [-0.2, 0) is 4.74 Å². The highest BCUT2D eigenvalue weighted by Gasteiger charge is 2.13. The van der Waals surface area contributed by atoms with E-state index in [9.17, 15) is 4.79 Å². The molecule has 1 heterocycles. The zero-order chi connectivity index (χ0) is 13.1. The molecule has 0 fully saturated rings. The van der Waals surface area contributed by atoms with E-state index < -0.39 is 5.97 Å². The number of carbonyl (C=O) groups is 1. The number of hydrogen-bond acceptors (Lipinski definition) is 3. The van der Waals surface area contributed by atoms with E-state index in [1.54, 1.807) is 31.6 Å². The molecule has 2 rings (SSSR count). The Morgan fingerprint density at radius 1 is 1.56 bits per heavy atom. The van der Waals surface area contributed by atoms with Crippen LogP contribution in [0, 0.1) is 0 Å². The average Bonchev–Trinajstić information content (AvgIpc) is 2.78. The Bertz CT molecular complexity index is 562. The van der Waals surface area contributed by atoms with Crippen LogP contribution in [0.1, 0.15) is 29.7 Å². The number of benzene rings is 1. The molecule has 2 aromatic rings. The molecule has 18 heavy (non-hydrogen) atoms. The van der Waals surface area contributed by atoms with Crippen LogP contribution in [0.15, 0.2) is 24.5 Å². The number of imidazole rings is 1. The van der Waals surface area contributed by atoms with Crippen molar-refractivity contribution in [1.82, 2.24) is 9.55 Å². The summed E-state index contributed by atoms with van der Waals surface area (Å²) >= 11 is 0. The molecule has 0 saturated carbocycles. The molecule has 0 spiro atoms. The van der Waals surface area contributed by atoms with Crippen molar-refractivity contribution in [2.45, 2.75) is 19.4 Å². The topological polar surface area (TPSA) is 64.4 Å². The van der Waals surface area contributed by atoms with Crippen molar-refractivity contribution in [3.8, 4) is 0 Å². The van der Waals surface area contributed by atoms with Gasteiger partial charge in [-0.15, -0.1) is 0 Å². The normalized spacial score (nSPS) is 12.8. The first kappa shape index (κ1) is 12.6. The lowest BCUT2D eigenvalue weighted by molar-refractivity contribution is 0.0697. The number of nitrogens with zero attached hydrogens (tertiary/aromatic N) is 2. The number of carboxylic acids is 1. The van der Waals surface area contributed by atoms with Gasteiger partial charge >= 0.3 is 5.97 Å². The van der Waals surface area contributed by atoms with Gasteiger partial charge in [0.2, 0.25) is 0 Å². The number of ether oxygens (including phenoxy) is 1. The Hall–Kier alpha value is -1.88. The summed E-state index contributed by atoms with van der Waals surface area (Å²) in [6.45, 7) is 2.70. The van der Waals surface area contributed by atoms with Crippen LogP contribution in [0.25, 0.3) is 11.0 Å². The summed E-state index contributed by atoms with van der Waals surface area (Å²) < 4.78 is 7.22. The summed E-state index contributed by atoms with van der Waals surface area (Å²) in [5.41, 5.74) is 1.89. The summed E-state index contributed by atoms with van der Waals surface area (Å²) in [5, 5.41) is 8.94. The second kappa shape index (κ2) is 5.18. The van der Waals surface area contributed by atoms with Gasteiger partial charge in [-0.2, -0.15) is 0 Å². The Balaban J connectivity index is 2.45. The molecule has 1 aromatic carbocycles. The van der Waals surface area contributed by atoms with Crippen LogP contribution in [0.3, 0.4) is 0 Å². The standard InChI is InChI=1S/C13H16N2O3/c1-3-10(7-18-2)15-8-14-11-6-9(13(16)17)4-5-12(11)15/h4-6,8,10H,3,7H2,1-2H3,(H,16,17). The minimum atomic E-state index is -0.935. The van der Waals surface area contributed by atoms with Crippen LogP contribution < -0.4 is 0 Å². The SMILES string of the molecule is CCC(COC)n1cnc2cc(C(=O)O)ccc21. The molecular weight excluding hydrogens is 232 g/mol. The number of rotatable bonds is 5. The second-order valence-electron chi connectivity index (χ2n) is 4.18. The smallest absolute Gasteiger partial charge is 0.335 e. The predicted octanol–water partition coefficient (Wildman–Crippen LogP) is 2.33. The molecule has 96 valence electrons. The summed E-state index contributed by atoms with van der Waals surface area (Å²) in [6.07, 6.45) is 2.67. The molecule has 0 radical (unpaired) electrons. The number of aromatic carboxylic acids is 1. The van der Waals surface area contributed by atoms with E-state index in [0.717, 1.165) is 11.9 Å². The largest absolute Gasteiger partial charge is 0.478 e. The van der Waals surface area contributed by atoms with Crippen LogP contribution in [0.2, 0.25) is 0 Å². The minimum Gasteiger partial charge on any atom is -0.478 e. The first-order valence-electron chi connectivity index (χ1n) is 5.86. The molecular formula is C13H16N2O3. The van der Waals surface area contributed by atoms with E-state index in [1.807, 2.05) is 4.57 Å². The van der Waals surface area contributed by atoms with Gasteiger partial charge < -0.3 is 14.4 Å². The van der Waals surface area contributed by atoms with Crippen molar-refractivity contribution in [2.24, 2.45) is 0 Å². The monoisotopic (exact) mass is 248 g/mol. The van der Waals surface area contributed by atoms with Gasteiger partial charge in [-0.05, 0) is 24.6 Å². The first-order valence-corrected chi connectivity index (χ1v) is 5.86. The number of methoxy groups -OCH3 is 1. The molecule has 5 heteroatoms. The Morgan fingerprint density at radius 2 is 2.33 bits per heavy atom. The van der Waals surface area contributed by atoms with Gasteiger partial charge in [-0.25, -0.2) is 9.78 Å². The predicted molar refractivity (Wildman–Crippen MR) is 67.9 cm³/mol. The fraction of sp³-hybridized carbons (Fsp3) is 0.385. The van der Waals surface area contributed by atoms with E-state index in [4.69, 9.17) is 9.84 Å². The van der Waals surface area contributed by atoms with Gasteiger partial charge in [0.1, 0.15) is 0 Å². The number of hydrogen-bond donors (Lipinski definition) is 1. The van der Waals surface area contributed by atoms with E-state index in [2.05, 4.69) is 11.9 Å². The van der Waals surface area contributed by atoms with E-state index >= 15 is 0 Å². The third-order valence-corrected chi connectivity index (χ3v) is 3.05. The van der Waals surface area contributed by atoms with Crippen molar-refractivity contribution in [3.63, 3.8) is 0 Å². The van der Waals surface area contributed by atoms with Crippen LogP contribution in [0.5, 0.6) is 0 Å². The lowest BCUT2D eigenvalue weighted by Gasteiger charge is -2.16. The van der Waals surface area contributed by atoms with Crippen molar-refractivity contribution < 1.29 is 14.6 Å². The number of carboxylic acid groups (broad SMARTS) is 1. The highest BCUT2D eigenvalue weighted by Crippen LogP contribution is 2.21. The fourth-order valence-electron chi connectivity index (χ4n) is 2.04. The fourth-order valence-corrected chi connectivity index (χ4v) is 2.04. The number of fused-ring (bicyclic) bond motifs is 1. The van der Waals surface area contributed by atoms with Crippen LogP contribution in [0.4, 0.5) is 0 Å². The Kier molecular flexibility index (Phi) is 3.62. The van der Waals surface area contributed by atoms with Gasteiger partial charge in [-0.1, -0.05) is 6.92 Å². The molecule has 0 aliphatic carbocycles. The Morgan fingerprint density at radius 3 is 2.94 bits per heavy atom. The van der Waals surface area contributed by atoms with Crippen molar-refractivity contribution in [2.75, 3.05) is 13.7 Å². The van der Waals surface area contributed by atoms with Crippen LogP contribution >= 0.6 is 0 Å². The van der Waals surface area contributed by atoms with E-state index in [-0.39, 0.29) is 11.6 Å². The van der Waals surface area contributed by atoms with Crippen molar-refractivity contribution in [1.29, 1.82) is 0 Å². The van der Waals surface area contributed by atoms with Crippen LogP contribution in [-0.4, -0.2) is 34.3 Å². The third-order valence-electron chi connectivity index (χ3n) is 3.05. The maximum Gasteiger partial charge on any atom is 0.335 e. The van der Waals surface area contributed by atoms with E-state index in [0.29, 0.717) is 12.1 Å². The minimum absolute atomic E-state index is 0.218. The van der Waals surface area contributed by atoms with Gasteiger partial charge in [0.05, 0.1) is 35.6 Å². The summed E-state index contributed by atoms with van der Waals surface area (Å²) in [7, 11) is 1.67. The van der Waals surface area contributed by atoms with Gasteiger partial charge in [0.25, 0.3) is 0 Å². The Labute approximate surface area is 105 Å². The second-order valence-corrected chi connectivity index (χ2v) is 4.18. The molecule has 1 aromatic heterocycles. The molecule has 0 amide bonds. The van der Waals surface area contributed by atoms with Gasteiger partial charge in [0, 0.05) is 7.11 Å². The zero-order valence-electron chi connectivity index (χ0n) is 10.5. The molecule has 0 aliphatic rings. The molecule has 0 aliphatic heterocycles. The first-order chi connectivity index (χ1) is 8.67. The summed E-state index contributed by atoms with van der Waals surface area (Å²) in [5.74, 6) is -0.935. The summed E-state index contributed by atoms with van der Waals surface area (Å²) in [4.78, 5) is 15.1. The zero-order valence-corrected chi connectivity index (χ0v) is 10.5. The summed E-state index contributed by atoms with van der Waals surface area (Å²) in [6, 6.07) is 5.20. The third kappa shape index (κ3) is 2.22. The maximum atomic E-state index is 10.9. The maximum absolute atomic E-state index is 10.9. The highest BCUT2D eigenvalue weighted by molar-refractivity contribution is 5.92. The highest BCUT2D eigenvalue weighted by atomic mass is 16.5. The lowest BCUT2D eigenvalue weighted by atomic mass is 10.2. The molecule has 1 atom stereocenters. The molecule has 0 bridgehead atoms. The average molecular weight is 248 g/mol. The molecule has 0 saturated heterocycles. The molecule has 1 unspecified atom stereocenters. The molecule has 5 nitrogen and oxygen atoms in total. The van der Waals surface area contributed by atoms with Gasteiger partial charge in [0.15, 0.2) is 0 Å². The van der Waals surface area contributed by atoms with Crippen molar-refractivity contribution in [3.05, 3.63) is 30.1 Å². The molecule has 1 N–H and O–H groups in total. The van der Waals surface area contributed by atoms with E-state index in [1.165, 1.54) is 0 Å². The lowest BCUT2D eigenvalue weighted by Crippen LogP contribution is -2.12.